The molecule has 3 aromatic rings. The molecule has 1 amide bonds. The number of para-hydroxylation sites is 1. The number of nitrogens with zero attached hydrogens (tertiary/aromatic N) is 3. The fourth-order valence-corrected chi connectivity index (χ4v) is 4.12. The van der Waals surface area contributed by atoms with Crippen molar-refractivity contribution in [3.05, 3.63) is 76.6 Å². The third-order valence-corrected chi connectivity index (χ3v) is 5.72. The van der Waals surface area contributed by atoms with Gasteiger partial charge in [0.05, 0.1) is 4.91 Å². The second-order valence-electron chi connectivity index (χ2n) is 6.34. The number of aliphatic imine (C=N–C) groups is 1. The van der Waals surface area contributed by atoms with Gasteiger partial charge in [0.25, 0.3) is 5.91 Å². The zero-order valence-corrected chi connectivity index (χ0v) is 15.8. The molecule has 4 nitrogen and oxygen atoms in total. The molecular formula is C21H18FN3OS. The Morgan fingerprint density at radius 3 is 2.59 bits per heavy atom. The highest BCUT2D eigenvalue weighted by molar-refractivity contribution is 8.18. The van der Waals surface area contributed by atoms with Crippen LogP contribution in [-0.4, -0.2) is 34.6 Å². The third kappa shape index (κ3) is 3.28. The van der Waals surface area contributed by atoms with E-state index in [-0.39, 0.29) is 11.7 Å². The smallest absolute Gasteiger partial charge is 0.266 e. The lowest BCUT2D eigenvalue weighted by Gasteiger charge is -2.05. The Hall–Kier alpha value is -2.86. The Balaban J connectivity index is 1.75. The number of benzene rings is 2. The van der Waals surface area contributed by atoms with E-state index in [4.69, 9.17) is 0 Å². The molecule has 0 radical (unpaired) electrons. The van der Waals surface area contributed by atoms with Crippen molar-refractivity contribution < 1.29 is 9.18 Å². The topological polar surface area (TPSA) is 37.6 Å². The summed E-state index contributed by atoms with van der Waals surface area (Å²) in [6, 6.07) is 14.6. The van der Waals surface area contributed by atoms with Gasteiger partial charge in [-0.05, 0) is 41.6 Å². The minimum absolute atomic E-state index is 0.0454. The minimum Gasteiger partial charge on any atom is -0.342 e. The van der Waals surface area contributed by atoms with Crippen molar-refractivity contribution in [2.75, 3.05) is 14.1 Å². The van der Waals surface area contributed by atoms with Gasteiger partial charge in [-0.3, -0.25) is 14.7 Å². The van der Waals surface area contributed by atoms with Gasteiger partial charge in [-0.2, -0.15) is 0 Å². The molecule has 1 fully saturated rings. The largest absolute Gasteiger partial charge is 0.342 e. The summed E-state index contributed by atoms with van der Waals surface area (Å²) in [7, 11) is 3.42. The van der Waals surface area contributed by atoms with Crippen molar-refractivity contribution >= 4 is 39.8 Å². The molecule has 136 valence electrons. The maximum absolute atomic E-state index is 13.2. The van der Waals surface area contributed by atoms with Crippen LogP contribution in [0.25, 0.3) is 17.0 Å². The number of rotatable bonds is 3. The first-order chi connectivity index (χ1) is 13.1. The number of likely N-dealkylation sites (N-methyl/N-ethyl adjacent to an activating group) is 1. The second-order valence-corrected chi connectivity index (χ2v) is 7.35. The van der Waals surface area contributed by atoms with E-state index in [0.717, 1.165) is 22.0 Å². The molecule has 0 spiro atoms. The number of hydrogen-bond acceptors (Lipinski definition) is 3. The molecule has 0 saturated carbocycles. The van der Waals surface area contributed by atoms with Crippen molar-refractivity contribution in [3.8, 4) is 0 Å². The second kappa shape index (κ2) is 7.04. The predicted molar refractivity (Wildman–Crippen MR) is 109 cm³/mol. The Morgan fingerprint density at radius 2 is 1.89 bits per heavy atom. The predicted octanol–water partition coefficient (Wildman–Crippen LogP) is 4.36. The van der Waals surface area contributed by atoms with Crippen LogP contribution in [0.1, 0.15) is 11.1 Å². The number of amides is 1. The van der Waals surface area contributed by atoms with E-state index in [2.05, 4.69) is 15.6 Å². The van der Waals surface area contributed by atoms with Gasteiger partial charge in [0.1, 0.15) is 5.82 Å². The van der Waals surface area contributed by atoms with Crippen LogP contribution < -0.4 is 0 Å². The van der Waals surface area contributed by atoms with Crippen LogP contribution in [0.4, 0.5) is 4.39 Å². The third-order valence-electron chi connectivity index (χ3n) is 4.57. The molecule has 0 unspecified atom stereocenters. The van der Waals surface area contributed by atoms with E-state index in [1.165, 1.54) is 23.9 Å². The standard InChI is InChI=1S/C21H18FN3OS/c1-23-21-24(2)20(26)19(27-21)11-15-13-25(18-6-4-3-5-17(15)18)12-14-7-9-16(22)10-8-14/h3-11,13H,12H2,1-2H3/b19-11+,23-21?. The van der Waals surface area contributed by atoms with Gasteiger partial charge < -0.3 is 4.57 Å². The van der Waals surface area contributed by atoms with Crippen molar-refractivity contribution in [2.45, 2.75) is 6.54 Å². The van der Waals surface area contributed by atoms with E-state index in [0.29, 0.717) is 16.6 Å². The molecule has 6 heteroatoms. The van der Waals surface area contributed by atoms with Crippen LogP contribution >= 0.6 is 11.8 Å². The Labute approximate surface area is 161 Å². The molecule has 0 atom stereocenters. The summed E-state index contributed by atoms with van der Waals surface area (Å²) in [5.74, 6) is -0.285. The van der Waals surface area contributed by atoms with Gasteiger partial charge in [-0.25, -0.2) is 4.39 Å². The van der Waals surface area contributed by atoms with Crippen LogP contribution in [0, 0.1) is 5.82 Å². The summed E-state index contributed by atoms with van der Waals surface area (Å²) < 4.78 is 15.3. The number of aromatic nitrogens is 1. The Morgan fingerprint density at radius 1 is 1.15 bits per heavy atom. The maximum Gasteiger partial charge on any atom is 0.266 e. The van der Waals surface area contributed by atoms with Crippen LogP contribution in [0.15, 0.2) is 64.6 Å². The van der Waals surface area contributed by atoms with Gasteiger partial charge in [-0.15, -0.1) is 0 Å². The van der Waals surface area contributed by atoms with E-state index in [1.54, 1.807) is 31.1 Å². The SMILES string of the molecule is CN=C1S/C(=C/c2cn(Cc3ccc(F)cc3)c3ccccc23)C(=O)N1C. The molecule has 0 aliphatic carbocycles. The number of hydrogen-bond donors (Lipinski definition) is 0. The van der Waals surface area contributed by atoms with Gasteiger partial charge in [0, 0.05) is 43.3 Å². The molecule has 1 saturated heterocycles. The molecular weight excluding hydrogens is 361 g/mol. The zero-order chi connectivity index (χ0) is 19.0. The van der Waals surface area contributed by atoms with E-state index < -0.39 is 0 Å². The highest BCUT2D eigenvalue weighted by atomic mass is 32.2. The fourth-order valence-electron chi connectivity index (χ4n) is 3.20. The number of halogens is 1. The molecule has 1 aromatic heterocycles. The van der Waals surface area contributed by atoms with Crippen LogP contribution in [0.5, 0.6) is 0 Å². The van der Waals surface area contributed by atoms with Gasteiger partial charge >= 0.3 is 0 Å². The molecule has 2 heterocycles. The Bertz CT molecular complexity index is 1080. The summed E-state index contributed by atoms with van der Waals surface area (Å²) >= 11 is 1.38. The first kappa shape index (κ1) is 17.5. The van der Waals surface area contributed by atoms with E-state index in [9.17, 15) is 9.18 Å². The van der Waals surface area contributed by atoms with Crippen molar-refractivity contribution in [3.63, 3.8) is 0 Å². The van der Waals surface area contributed by atoms with Crippen LogP contribution in [0.2, 0.25) is 0 Å². The number of carbonyl (C=O) groups is 1. The normalized spacial score (nSPS) is 17.6. The van der Waals surface area contributed by atoms with Crippen LogP contribution in [0.3, 0.4) is 0 Å². The fraction of sp³-hybridized carbons (Fsp3) is 0.143. The average Bonchev–Trinajstić information content (AvgIpc) is 3.16. The summed E-state index contributed by atoms with van der Waals surface area (Å²) in [6.45, 7) is 0.632. The molecule has 4 rings (SSSR count). The summed E-state index contributed by atoms with van der Waals surface area (Å²) in [5.41, 5.74) is 3.07. The number of amidine groups is 1. The zero-order valence-electron chi connectivity index (χ0n) is 15.0. The summed E-state index contributed by atoms with van der Waals surface area (Å²) in [6.07, 6.45) is 3.96. The average molecular weight is 379 g/mol. The molecule has 2 aromatic carbocycles. The van der Waals surface area contributed by atoms with Crippen LogP contribution in [-0.2, 0) is 11.3 Å². The summed E-state index contributed by atoms with van der Waals surface area (Å²) in [4.78, 5) is 18.8. The summed E-state index contributed by atoms with van der Waals surface area (Å²) in [5, 5.41) is 1.77. The molecule has 0 N–H and O–H groups in total. The maximum atomic E-state index is 13.2. The van der Waals surface area contributed by atoms with E-state index >= 15 is 0 Å². The monoisotopic (exact) mass is 379 g/mol. The van der Waals surface area contributed by atoms with Gasteiger partial charge in [0.15, 0.2) is 5.17 Å². The highest BCUT2D eigenvalue weighted by Gasteiger charge is 2.30. The van der Waals surface area contributed by atoms with Gasteiger partial charge in [0.2, 0.25) is 0 Å². The molecule has 27 heavy (non-hydrogen) atoms. The van der Waals surface area contributed by atoms with Gasteiger partial charge in [-0.1, -0.05) is 30.3 Å². The number of thioether (sulfide) groups is 1. The lowest BCUT2D eigenvalue weighted by Crippen LogP contribution is -2.23. The van der Waals surface area contributed by atoms with E-state index in [1.807, 2.05) is 30.5 Å². The lowest BCUT2D eigenvalue weighted by atomic mass is 10.1. The van der Waals surface area contributed by atoms with Crippen molar-refractivity contribution in [1.82, 2.24) is 9.47 Å². The lowest BCUT2D eigenvalue weighted by molar-refractivity contribution is -0.121. The van der Waals surface area contributed by atoms with Crippen molar-refractivity contribution in [1.29, 1.82) is 0 Å². The Kier molecular flexibility index (Phi) is 4.58. The highest BCUT2D eigenvalue weighted by Crippen LogP contribution is 2.33. The van der Waals surface area contributed by atoms with Crippen molar-refractivity contribution in [2.24, 2.45) is 4.99 Å². The quantitative estimate of drug-likeness (QED) is 0.634. The first-order valence-electron chi connectivity index (χ1n) is 8.53. The molecule has 1 aliphatic rings. The number of carbonyl (C=O) groups excluding carboxylic acids is 1. The first-order valence-corrected chi connectivity index (χ1v) is 9.35. The minimum atomic E-state index is -0.240. The number of fused-ring (bicyclic) bond motifs is 1. The molecule has 0 bridgehead atoms. The molecule has 1 aliphatic heterocycles.